The molecule has 0 fully saturated rings. The number of aromatic amines is 1. The van der Waals surface area contributed by atoms with E-state index in [4.69, 9.17) is 9.47 Å². The van der Waals surface area contributed by atoms with Gasteiger partial charge in [0.05, 0.1) is 12.8 Å². The van der Waals surface area contributed by atoms with Gasteiger partial charge >= 0.3 is 0 Å². The largest absolute Gasteiger partial charge is 0.493 e. The number of aryl methyl sites for hydroxylation is 1. The van der Waals surface area contributed by atoms with Gasteiger partial charge in [-0.05, 0) is 58.4 Å². The number of benzene rings is 1. The van der Waals surface area contributed by atoms with E-state index in [1.54, 1.807) is 39.0 Å². The summed E-state index contributed by atoms with van der Waals surface area (Å²) in [6, 6.07) is 4.80. The molecule has 26 heavy (non-hydrogen) atoms. The van der Waals surface area contributed by atoms with Crippen LogP contribution in [0.15, 0.2) is 18.2 Å². The van der Waals surface area contributed by atoms with Crippen molar-refractivity contribution < 1.29 is 23.9 Å². The average molecular weight is 357 g/mol. The van der Waals surface area contributed by atoms with Crippen molar-refractivity contribution in [1.82, 2.24) is 4.98 Å². The summed E-state index contributed by atoms with van der Waals surface area (Å²) in [7, 11) is 1.47. The van der Waals surface area contributed by atoms with Gasteiger partial charge in [0.15, 0.2) is 29.2 Å². The predicted molar refractivity (Wildman–Crippen MR) is 97.7 cm³/mol. The first kappa shape index (κ1) is 19.4. The third kappa shape index (κ3) is 3.69. The molecule has 6 nitrogen and oxygen atoms in total. The van der Waals surface area contributed by atoms with E-state index >= 15 is 0 Å². The summed E-state index contributed by atoms with van der Waals surface area (Å²) in [5, 5.41) is 0. The summed E-state index contributed by atoms with van der Waals surface area (Å²) >= 11 is 0. The van der Waals surface area contributed by atoms with Crippen LogP contribution in [-0.4, -0.2) is 35.5 Å². The number of nitrogens with one attached hydrogen (secondary N) is 1. The number of methoxy groups -OCH3 is 1. The smallest absolute Gasteiger partial charge is 0.219 e. The number of hydrogen-bond acceptors (Lipinski definition) is 5. The fourth-order valence-corrected chi connectivity index (χ4v) is 2.96. The fraction of sp³-hybridized carbons (Fsp3) is 0.350. The maximum atomic E-state index is 12.8. The van der Waals surface area contributed by atoms with E-state index in [2.05, 4.69) is 4.98 Å². The van der Waals surface area contributed by atoms with Gasteiger partial charge in [-0.3, -0.25) is 14.4 Å². The number of hydrogen-bond donors (Lipinski definition) is 1. The highest BCUT2D eigenvalue weighted by Crippen LogP contribution is 2.30. The average Bonchev–Trinajstić information content (AvgIpc) is 2.88. The molecule has 0 amide bonds. The summed E-state index contributed by atoms with van der Waals surface area (Å²) in [5.41, 5.74) is 2.67. The maximum Gasteiger partial charge on any atom is 0.219 e. The van der Waals surface area contributed by atoms with Crippen LogP contribution in [-0.2, 0) is 0 Å². The lowest BCUT2D eigenvalue weighted by Crippen LogP contribution is -2.25. The molecule has 138 valence electrons. The number of ketones is 3. The van der Waals surface area contributed by atoms with Gasteiger partial charge in [-0.15, -0.1) is 0 Å². The Labute approximate surface area is 152 Å². The first-order chi connectivity index (χ1) is 12.2. The number of Topliss-reactive ketones (excluding diaryl/α,β-unsaturated/α-hetero) is 3. The van der Waals surface area contributed by atoms with Gasteiger partial charge < -0.3 is 14.5 Å². The van der Waals surface area contributed by atoms with Crippen LogP contribution in [0.3, 0.4) is 0 Å². The van der Waals surface area contributed by atoms with E-state index in [9.17, 15) is 14.4 Å². The van der Waals surface area contributed by atoms with Crippen molar-refractivity contribution in [1.29, 1.82) is 0 Å². The monoisotopic (exact) mass is 357 g/mol. The zero-order valence-electron chi connectivity index (χ0n) is 15.9. The number of aromatic nitrogens is 1. The van der Waals surface area contributed by atoms with Gasteiger partial charge in [0.25, 0.3) is 0 Å². The molecule has 0 aliphatic rings. The Kier molecular flexibility index (Phi) is 5.65. The van der Waals surface area contributed by atoms with Crippen molar-refractivity contribution in [3.63, 3.8) is 0 Å². The Morgan fingerprint density at radius 3 is 2.19 bits per heavy atom. The number of H-pyrrole nitrogens is 1. The highest BCUT2D eigenvalue weighted by molar-refractivity contribution is 6.04. The van der Waals surface area contributed by atoms with Crippen molar-refractivity contribution in [2.24, 2.45) is 0 Å². The molecule has 0 unspecified atom stereocenters. The van der Waals surface area contributed by atoms with Gasteiger partial charge in [-0.2, -0.15) is 0 Å². The Hall–Kier alpha value is -2.89. The lowest BCUT2D eigenvalue weighted by atomic mass is 10.0. The Bertz CT molecular complexity index is 879. The van der Waals surface area contributed by atoms with Crippen molar-refractivity contribution in [3.8, 4) is 11.5 Å². The lowest BCUT2D eigenvalue weighted by molar-refractivity contribution is 0.0807. The van der Waals surface area contributed by atoms with Gasteiger partial charge in [0, 0.05) is 16.8 Å². The first-order valence-electron chi connectivity index (χ1n) is 8.27. The van der Waals surface area contributed by atoms with Crippen LogP contribution in [0.5, 0.6) is 11.5 Å². The second-order valence-corrected chi connectivity index (χ2v) is 6.23. The van der Waals surface area contributed by atoms with Gasteiger partial charge in [-0.25, -0.2) is 0 Å². The van der Waals surface area contributed by atoms with Crippen molar-refractivity contribution >= 4 is 17.3 Å². The highest BCUT2D eigenvalue weighted by Gasteiger charge is 2.25. The molecular weight excluding hydrogens is 334 g/mol. The lowest BCUT2D eigenvalue weighted by Gasteiger charge is -2.16. The second-order valence-electron chi connectivity index (χ2n) is 6.23. The van der Waals surface area contributed by atoms with Crippen LogP contribution >= 0.6 is 0 Å². The Balaban J connectivity index is 2.29. The normalized spacial score (nSPS) is 11.8. The van der Waals surface area contributed by atoms with E-state index in [0.29, 0.717) is 39.6 Å². The summed E-state index contributed by atoms with van der Waals surface area (Å²) in [4.78, 5) is 39.0. The van der Waals surface area contributed by atoms with Crippen LogP contribution in [0, 0.1) is 13.8 Å². The molecule has 1 heterocycles. The molecule has 0 radical (unpaired) electrons. The zero-order valence-corrected chi connectivity index (χ0v) is 15.9. The Morgan fingerprint density at radius 1 is 1.04 bits per heavy atom. The van der Waals surface area contributed by atoms with Crippen molar-refractivity contribution in [2.45, 2.75) is 40.7 Å². The van der Waals surface area contributed by atoms with Gasteiger partial charge in [0.1, 0.15) is 0 Å². The molecule has 0 saturated heterocycles. The summed E-state index contributed by atoms with van der Waals surface area (Å²) in [6.07, 6.45) is -0.802. The van der Waals surface area contributed by atoms with E-state index in [-0.39, 0.29) is 17.3 Å². The molecule has 0 saturated carbocycles. The standard InChI is InChI=1S/C20H23NO5/c1-10-18(13(4)23)11(2)21-19(10)20(24)14(5)26-16-8-7-15(12(3)22)9-17(16)25-6/h7-9,14,21H,1-6H3/t14-/m0/s1. The Morgan fingerprint density at radius 2 is 1.69 bits per heavy atom. The van der Waals surface area contributed by atoms with Crippen LogP contribution < -0.4 is 9.47 Å². The van der Waals surface area contributed by atoms with Gasteiger partial charge in [-0.1, -0.05) is 0 Å². The summed E-state index contributed by atoms with van der Waals surface area (Å²) in [6.45, 7) is 8.06. The molecule has 6 heteroatoms. The van der Waals surface area contributed by atoms with Gasteiger partial charge in [0.2, 0.25) is 5.78 Å². The quantitative estimate of drug-likeness (QED) is 0.764. The van der Waals surface area contributed by atoms with Crippen molar-refractivity contribution in [2.75, 3.05) is 7.11 Å². The second kappa shape index (κ2) is 7.56. The molecule has 1 N–H and O–H groups in total. The molecular formula is C20H23NO5. The minimum Gasteiger partial charge on any atom is -0.493 e. The van der Waals surface area contributed by atoms with Crippen LogP contribution in [0.25, 0.3) is 0 Å². The zero-order chi connectivity index (χ0) is 19.6. The molecule has 2 aromatic rings. The number of ether oxygens (including phenoxy) is 2. The van der Waals surface area contributed by atoms with E-state index in [1.165, 1.54) is 21.0 Å². The molecule has 1 aromatic heterocycles. The predicted octanol–water partition coefficient (Wildman–Crippen LogP) is 3.70. The summed E-state index contributed by atoms with van der Waals surface area (Å²) < 4.78 is 11.0. The number of carbonyl (C=O) groups excluding carboxylic acids is 3. The van der Waals surface area contributed by atoms with Crippen molar-refractivity contribution in [3.05, 3.63) is 46.3 Å². The summed E-state index contributed by atoms with van der Waals surface area (Å²) in [5.74, 6) is 0.293. The van der Waals surface area contributed by atoms with E-state index in [1.807, 2.05) is 0 Å². The van der Waals surface area contributed by atoms with Crippen LogP contribution in [0.2, 0.25) is 0 Å². The third-order valence-corrected chi connectivity index (χ3v) is 4.28. The SMILES string of the molecule is COc1cc(C(C)=O)ccc1O[C@@H](C)C(=O)c1[nH]c(C)c(C(C)=O)c1C. The molecule has 2 rings (SSSR count). The van der Waals surface area contributed by atoms with Crippen LogP contribution in [0.4, 0.5) is 0 Å². The highest BCUT2D eigenvalue weighted by atomic mass is 16.5. The number of rotatable bonds is 7. The number of carbonyl (C=O) groups is 3. The maximum absolute atomic E-state index is 12.8. The minimum atomic E-state index is -0.802. The molecule has 0 bridgehead atoms. The first-order valence-corrected chi connectivity index (χ1v) is 8.27. The molecule has 0 aliphatic carbocycles. The van der Waals surface area contributed by atoms with E-state index in [0.717, 1.165) is 0 Å². The molecule has 1 atom stereocenters. The molecule has 0 spiro atoms. The van der Waals surface area contributed by atoms with E-state index < -0.39 is 6.10 Å². The van der Waals surface area contributed by atoms with Crippen LogP contribution in [0.1, 0.15) is 63.2 Å². The molecule has 1 aromatic carbocycles. The fourth-order valence-electron chi connectivity index (χ4n) is 2.96. The third-order valence-electron chi connectivity index (χ3n) is 4.28. The molecule has 0 aliphatic heterocycles. The minimum absolute atomic E-state index is 0.0896. The topological polar surface area (TPSA) is 85.5 Å².